The van der Waals surface area contributed by atoms with E-state index in [-0.39, 0.29) is 17.2 Å². The Bertz CT molecular complexity index is 1020. The number of fused-ring (bicyclic) bond motifs is 1. The van der Waals surface area contributed by atoms with Gasteiger partial charge in [0.05, 0.1) is 22.5 Å². The van der Waals surface area contributed by atoms with Gasteiger partial charge < -0.3 is 4.57 Å². The average molecular weight is 357 g/mol. The van der Waals surface area contributed by atoms with Gasteiger partial charge in [-0.15, -0.1) is 0 Å². The van der Waals surface area contributed by atoms with Crippen molar-refractivity contribution in [2.75, 3.05) is 0 Å². The average Bonchev–Trinajstić information content (AvgIpc) is 2.92. The zero-order valence-electron chi connectivity index (χ0n) is 13.8. The van der Waals surface area contributed by atoms with Gasteiger partial charge in [0.1, 0.15) is 5.82 Å². The molecule has 0 bridgehead atoms. The second kappa shape index (κ2) is 6.78. The van der Waals surface area contributed by atoms with Crippen LogP contribution in [-0.4, -0.2) is 23.8 Å². The van der Waals surface area contributed by atoms with Gasteiger partial charge >= 0.3 is 0 Å². The first kappa shape index (κ1) is 17.3. The summed E-state index contributed by atoms with van der Waals surface area (Å²) >= 11 is 0. The topological polar surface area (TPSA) is 95.0 Å². The highest BCUT2D eigenvalue weighted by atomic mass is 32.2. The summed E-state index contributed by atoms with van der Waals surface area (Å²) in [5.41, 5.74) is 2.22. The minimum atomic E-state index is -3.76. The van der Waals surface area contributed by atoms with Crippen molar-refractivity contribution in [3.8, 4) is 0 Å². The molecule has 2 N–H and O–H groups in total. The van der Waals surface area contributed by atoms with Crippen molar-refractivity contribution in [1.82, 2.24) is 9.55 Å². The van der Waals surface area contributed by atoms with E-state index in [4.69, 9.17) is 5.14 Å². The van der Waals surface area contributed by atoms with Gasteiger partial charge in [-0.05, 0) is 42.8 Å². The lowest BCUT2D eigenvalue weighted by Gasteiger charge is -2.08. The van der Waals surface area contributed by atoms with Crippen LogP contribution in [0.1, 0.15) is 29.5 Å². The Kier molecular flexibility index (Phi) is 4.69. The van der Waals surface area contributed by atoms with E-state index >= 15 is 0 Å². The Hall–Kier alpha value is -2.51. The van der Waals surface area contributed by atoms with Crippen molar-refractivity contribution in [2.24, 2.45) is 5.14 Å². The lowest BCUT2D eigenvalue weighted by molar-refractivity contribution is 0.0972. The summed E-state index contributed by atoms with van der Waals surface area (Å²) in [6.07, 6.45) is 1.72. The molecular weight excluding hydrogens is 338 g/mol. The first-order valence-electron chi connectivity index (χ1n) is 8.00. The number of nitrogens with zero attached hydrogens (tertiary/aromatic N) is 2. The van der Waals surface area contributed by atoms with Crippen molar-refractivity contribution in [3.63, 3.8) is 0 Å². The van der Waals surface area contributed by atoms with E-state index in [0.717, 1.165) is 29.7 Å². The fourth-order valence-electron chi connectivity index (χ4n) is 2.78. The SMILES string of the molecule is CCCc1nc2ccccc2n1CC(=O)c1ccc(S(N)(=O)=O)cc1. The van der Waals surface area contributed by atoms with E-state index in [1.807, 2.05) is 28.8 Å². The number of aryl methyl sites for hydroxylation is 1. The van der Waals surface area contributed by atoms with Crippen LogP contribution in [0.25, 0.3) is 11.0 Å². The summed E-state index contributed by atoms with van der Waals surface area (Å²) in [4.78, 5) is 17.2. The van der Waals surface area contributed by atoms with Crippen molar-refractivity contribution in [3.05, 3.63) is 59.9 Å². The van der Waals surface area contributed by atoms with Crippen LogP contribution < -0.4 is 5.14 Å². The molecule has 0 aliphatic rings. The Morgan fingerprint density at radius 2 is 1.80 bits per heavy atom. The molecular formula is C18H19N3O3S. The molecule has 0 atom stereocenters. The normalized spacial score (nSPS) is 11.8. The van der Waals surface area contributed by atoms with Gasteiger partial charge in [-0.25, -0.2) is 18.5 Å². The summed E-state index contributed by atoms with van der Waals surface area (Å²) in [7, 11) is -3.76. The van der Waals surface area contributed by atoms with Crippen LogP contribution in [0.3, 0.4) is 0 Å². The molecule has 7 heteroatoms. The third-order valence-electron chi connectivity index (χ3n) is 4.01. The number of Topliss-reactive ketones (excluding diaryl/α,β-unsaturated/α-hetero) is 1. The summed E-state index contributed by atoms with van der Waals surface area (Å²) in [6.45, 7) is 2.22. The van der Waals surface area contributed by atoms with E-state index in [2.05, 4.69) is 11.9 Å². The molecule has 0 aliphatic carbocycles. The van der Waals surface area contributed by atoms with Gasteiger partial charge in [-0.2, -0.15) is 0 Å². The standard InChI is InChI=1S/C18H19N3O3S/c1-2-5-18-20-15-6-3-4-7-16(15)21(18)12-17(22)13-8-10-14(11-9-13)25(19,23)24/h3-4,6-11H,2,5,12H2,1H3,(H2,19,23,24). The molecule has 25 heavy (non-hydrogen) atoms. The van der Waals surface area contributed by atoms with Crippen molar-refractivity contribution < 1.29 is 13.2 Å². The highest BCUT2D eigenvalue weighted by molar-refractivity contribution is 7.89. The van der Waals surface area contributed by atoms with Gasteiger partial charge in [0, 0.05) is 12.0 Å². The van der Waals surface area contributed by atoms with Crippen molar-refractivity contribution in [1.29, 1.82) is 0 Å². The van der Waals surface area contributed by atoms with Crippen molar-refractivity contribution in [2.45, 2.75) is 31.2 Å². The molecule has 0 aliphatic heterocycles. The zero-order chi connectivity index (χ0) is 18.0. The quantitative estimate of drug-likeness (QED) is 0.686. The van der Waals surface area contributed by atoms with E-state index < -0.39 is 10.0 Å². The molecule has 1 aromatic heterocycles. The number of para-hydroxylation sites is 2. The van der Waals surface area contributed by atoms with Crippen LogP contribution in [0.5, 0.6) is 0 Å². The summed E-state index contributed by atoms with van der Waals surface area (Å²) in [5, 5.41) is 5.08. The minimum Gasteiger partial charge on any atom is -0.320 e. The lowest BCUT2D eigenvalue weighted by atomic mass is 10.1. The smallest absolute Gasteiger partial charge is 0.238 e. The maximum Gasteiger partial charge on any atom is 0.238 e. The Morgan fingerprint density at radius 3 is 2.44 bits per heavy atom. The van der Waals surface area contributed by atoms with Crippen LogP contribution in [0.2, 0.25) is 0 Å². The number of primary sulfonamides is 1. The number of carbonyl (C=O) groups is 1. The molecule has 1 heterocycles. The monoisotopic (exact) mass is 357 g/mol. The largest absolute Gasteiger partial charge is 0.320 e. The summed E-state index contributed by atoms with van der Waals surface area (Å²) < 4.78 is 24.6. The molecule has 0 saturated carbocycles. The lowest BCUT2D eigenvalue weighted by Crippen LogP contribution is -2.14. The second-order valence-corrected chi connectivity index (χ2v) is 7.41. The Balaban J connectivity index is 1.93. The van der Waals surface area contributed by atoms with Crippen LogP contribution >= 0.6 is 0 Å². The number of hydrogen-bond donors (Lipinski definition) is 1. The van der Waals surface area contributed by atoms with E-state index in [1.54, 1.807) is 0 Å². The number of hydrogen-bond acceptors (Lipinski definition) is 4. The van der Waals surface area contributed by atoms with Crippen LogP contribution in [0, 0.1) is 0 Å². The van der Waals surface area contributed by atoms with Gasteiger partial charge in [0.2, 0.25) is 10.0 Å². The maximum absolute atomic E-state index is 12.6. The predicted molar refractivity (Wildman–Crippen MR) is 95.9 cm³/mol. The van der Waals surface area contributed by atoms with Crippen LogP contribution in [0.15, 0.2) is 53.4 Å². The minimum absolute atomic E-state index is 0.0104. The second-order valence-electron chi connectivity index (χ2n) is 5.85. The third-order valence-corrected chi connectivity index (χ3v) is 4.94. The molecule has 6 nitrogen and oxygen atoms in total. The van der Waals surface area contributed by atoms with Crippen LogP contribution in [-0.2, 0) is 23.0 Å². The number of carbonyl (C=O) groups excluding carboxylic acids is 1. The highest BCUT2D eigenvalue weighted by Gasteiger charge is 2.15. The summed E-state index contributed by atoms with van der Waals surface area (Å²) in [6, 6.07) is 13.4. The van der Waals surface area contributed by atoms with E-state index in [1.165, 1.54) is 24.3 Å². The van der Waals surface area contributed by atoms with Crippen LogP contribution in [0.4, 0.5) is 0 Å². The van der Waals surface area contributed by atoms with Gasteiger partial charge in [0.15, 0.2) is 5.78 Å². The number of rotatable bonds is 6. The zero-order valence-corrected chi connectivity index (χ0v) is 14.7. The fourth-order valence-corrected chi connectivity index (χ4v) is 3.30. The van der Waals surface area contributed by atoms with E-state index in [0.29, 0.717) is 5.56 Å². The number of imidazole rings is 1. The molecule has 0 amide bonds. The number of aromatic nitrogens is 2. The molecule has 0 radical (unpaired) electrons. The molecule has 3 aromatic rings. The fraction of sp³-hybridized carbons (Fsp3) is 0.222. The molecule has 0 unspecified atom stereocenters. The van der Waals surface area contributed by atoms with E-state index in [9.17, 15) is 13.2 Å². The molecule has 0 spiro atoms. The first-order valence-corrected chi connectivity index (χ1v) is 9.55. The van der Waals surface area contributed by atoms with Crippen molar-refractivity contribution >= 4 is 26.8 Å². The Morgan fingerprint density at radius 1 is 1.12 bits per heavy atom. The summed E-state index contributed by atoms with van der Waals surface area (Å²) in [5.74, 6) is 0.764. The van der Waals surface area contributed by atoms with Gasteiger partial charge in [-0.3, -0.25) is 4.79 Å². The van der Waals surface area contributed by atoms with Gasteiger partial charge in [-0.1, -0.05) is 19.1 Å². The number of sulfonamides is 1. The number of nitrogens with two attached hydrogens (primary N) is 1. The molecule has 0 saturated heterocycles. The molecule has 0 fully saturated rings. The van der Waals surface area contributed by atoms with Gasteiger partial charge in [0.25, 0.3) is 0 Å². The Labute approximate surface area is 146 Å². The molecule has 3 rings (SSSR count). The predicted octanol–water partition coefficient (Wildman–Crippen LogP) is 2.52. The first-order chi connectivity index (χ1) is 11.9. The molecule has 2 aromatic carbocycles. The maximum atomic E-state index is 12.6. The highest BCUT2D eigenvalue weighted by Crippen LogP contribution is 2.18. The third kappa shape index (κ3) is 3.62. The number of ketones is 1. The molecule has 130 valence electrons. The number of benzene rings is 2.